The lowest BCUT2D eigenvalue weighted by atomic mass is 10.0. The van der Waals surface area contributed by atoms with Crippen LogP contribution in [0.1, 0.15) is 29.5 Å². The molecule has 1 aliphatic rings. The van der Waals surface area contributed by atoms with Gasteiger partial charge >= 0.3 is 0 Å². The second-order valence-corrected chi connectivity index (χ2v) is 8.34. The highest BCUT2D eigenvalue weighted by Crippen LogP contribution is 2.25. The molecule has 0 bridgehead atoms. The highest BCUT2D eigenvalue weighted by atomic mass is 35.5. The van der Waals surface area contributed by atoms with Crippen LogP contribution in [0.3, 0.4) is 0 Å². The van der Waals surface area contributed by atoms with Gasteiger partial charge in [0.15, 0.2) is 13.2 Å². The van der Waals surface area contributed by atoms with Crippen LogP contribution in [-0.4, -0.2) is 49.1 Å². The number of hydrogen-bond acceptors (Lipinski definition) is 4. The average molecular weight is 445 g/mol. The van der Waals surface area contributed by atoms with E-state index in [0.717, 1.165) is 22.4 Å². The molecule has 0 atom stereocenters. The fourth-order valence-electron chi connectivity index (χ4n) is 3.60. The Hall–Kier alpha value is -2.73. The Kier molecular flexibility index (Phi) is 7.80. The van der Waals surface area contributed by atoms with Gasteiger partial charge in [-0.15, -0.1) is 0 Å². The van der Waals surface area contributed by atoms with Gasteiger partial charge in [-0.25, -0.2) is 0 Å². The lowest BCUT2D eigenvalue weighted by Crippen LogP contribution is -2.48. The first kappa shape index (κ1) is 22.9. The third-order valence-corrected chi connectivity index (χ3v) is 5.86. The van der Waals surface area contributed by atoms with Crippen molar-refractivity contribution in [2.24, 2.45) is 0 Å². The molecule has 6 nitrogen and oxygen atoms in total. The molecule has 2 aromatic rings. The molecule has 0 aromatic heterocycles. The van der Waals surface area contributed by atoms with Crippen LogP contribution in [0.15, 0.2) is 36.4 Å². The van der Waals surface area contributed by atoms with Crippen LogP contribution in [0.2, 0.25) is 5.02 Å². The number of carbonyl (C=O) groups is 2. The zero-order valence-corrected chi connectivity index (χ0v) is 19.0. The van der Waals surface area contributed by atoms with Gasteiger partial charge in [0.05, 0.1) is 0 Å². The van der Waals surface area contributed by atoms with Gasteiger partial charge in [-0.3, -0.25) is 9.59 Å². The molecular formula is C24H29ClN2O4. The summed E-state index contributed by atoms with van der Waals surface area (Å²) in [5.41, 5.74) is 3.21. The van der Waals surface area contributed by atoms with E-state index in [1.54, 1.807) is 29.2 Å². The number of carbonyl (C=O) groups excluding carboxylic acids is 2. The van der Waals surface area contributed by atoms with Crippen molar-refractivity contribution in [3.63, 3.8) is 0 Å². The zero-order chi connectivity index (χ0) is 22.4. The van der Waals surface area contributed by atoms with E-state index < -0.39 is 0 Å². The molecule has 2 amide bonds. The first-order valence-corrected chi connectivity index (χ1v) is 10.9. The molecule has 0 unspecified atom stereocenters. The number of rotatable bonds is 7. The molecule has 0 radical (unpaired) electrons. The number of likely N-dealkylation sites (tertiary alicyclic amines) is 1. The van der Waals surface area contributed by atoms with Gasteiger partial charge < -0.3 is 19.7 Å². The molecule has 31 heavy (non-hydrogen) atoms. The highest BCUT2D eigenvalue weighted by molar-refractivity contribution is 6.30. The van der Waals surface area contributed by atoms with Crippen molar-refractivity contribution in [3.05, 3.63) is 58.1 Å². The van der Waals surface area contributed by atoms with E-state index in [1.807, 2.05) is 32.9 Å². The lowest BCUT2D eigenvalue weighted by molar-refractivity contribution is -0.134. The van der Waals surface area contributed by atoms with Gasteiger partial charge in [0.1, 0.15) is 11.5 Å². The zero-order valence-electron chi connectivity index (χ0n) is 18.2. The van der Waals surface area contributed by atoms with Gasteiger partial charge in [-0.1, -0.05) is 23.7 Å². The van der Waals surface area contributed by atoms with Crippen molar-refractivity contribution in [2.75, 3.05) is 26.3 Å². The topological polar surface area (TPSA) is 67.9 Å². The smallest absolute Gasteiger partial charge is 0.260 e. The van der Waals surface area contributed by atoms with Gasteiger partial charge in [-0.05, 0) is 74.6 Å². The SMILES string of the molecule is Cc1ccc(C)c(OCC(=O)NC2CCN(C(=O)COc3ccc(Cl)cc3)CC2)c1C. The minimum atomic E-state index is -0.142. The molecule has 0 spiro atoms. The van der Waals surface area contributed by atoms with E-state index in [4.69, 9.17) is 21.1 Å². The number of piperidine rings is 1. The minimum absolute atomic E-state index is 0.0122. The Balaban J connectivity index is 1.39. The molecule has 1 N–H and O–H groups in total. The van der Waals surface area contributed by atoms with Crippen LogP contribution >= 0.6 is 11.6 Å². The van der Waals surface area contributed by atoms with E-state index in [9.17, 15) is 9.59 Å². The summed E-state index contributed by atoms with van der Waals surface area (Å²) in [7, 11) is 0. The fourth-order valence-corrected chi connectivity index (χ4v) is 3.72. The molecule has 0 aliphatic carbocycles. The third kappa shape index (κ3) is 6.37. The normalized spacial score (nSPS) is 14.3. The molecule has 3 rings (SSSR count). The Bertz CT molecular complexity index is 922. The Morgan fingerprint density at radius 1 is 0.968 bits per heavy atom. The number of ether oxygens (including phenoxy) is 2. The van der Waals surface area contributed by atoms with Gasteiger partial charge in [-0.2, -0.15) is 0 Å². The largest absolute Gasteiger partial charge is 0.484 e. The summed E-state index contributed by atoms with van der Waals surface area (Å²) in [6.45, 7) is 7.15. The standard InChI is InChI=1S/C24H29ClN2O4/c1-16-4-5-17(2)24(18(16)3)31-14-22(28)26-20-10-12-27(13-11-20)23(29)15-30-21-8-6-19(25)7-9-21/h4-9,20H,10-15H2,1-3H3,(H,26,28). The van der Waals surface area contributed by atoms with E-state index in [1.165, 1.54) is 0 Å². The number of nitrogens with one attached hydrogen (secondary N) is 1. The van der Waals surface area contributed by atoms with Crippen molar-refractivity contribution >= 4 is 23.4 Å². The van der Waals surface area contributed by atoms with Crippen molar-refractivity contribution in [1.82, 2.24) is 10.2 Å². The fraction of sp³-hybridized carbons (Fsp3) is 0.417. The van der Waals surface area contributed by atoms with Crippen LogP contribution in [0.5, 0.6) is 11.5 Å². The number of amides is 2. The summed E-state index contributed by atoms with van der Waals surface area (Å²) in [6, 6.07) is 11.0. The number of nitrogens with zero attached hydrogens (tertiary/aromatic N) is 1. The Labute approximate surface area is 188 Å². The van der Waals surface area contributed by atoms with E-state index >= 15 is 0 Å². The number of benzene rings is 2. The summed E-state index contributed by atoms with van der Waals surface area (Å²) in [5.74, 6) is 1.18. The van der Waals surface area contributed by atoms with Crippen LogP contribution < -0.4 is 14.8 Å². The quantitative estimate of drug-likeness (QED) is 0.704. The summed E-state index contributed by atoms with van der Waals surface area (Å²) < 4.78 is 11.3. The summed E-state index contributed by atoms with van der Waals surface area (Å²) in [6.07, 6.45) is 1.42. The maximum absolute atomic E-state index is 12.4. The molecule has 1 aliphatic heterocycles. The van der Waals surface area contributed by atoms with Crippen LogP contribution in [0, 0.1) is 20.8 Å². The predicted octanol–water partition coefficient (Wildman–Crippen LogP) is 3.83. The van der Waals surface area contributed by atoms with Gasteiger partial charge in [0, 0.05) is 24.2 Å². The Morgan fingerprint density at radius 3 is 2.29 bits per heavy atom. The van der Waals surface area contributed by atoms with E-state index in [-0.39, 0.29) is 31.1 Å². The number of aryl methyl sites for hydroxylation is 2. The Morgan fingerprint density at radius 2 is 1.61 bits per heavy atom. The summed E-state index contributed by atoms with van der Waals surface area (Å²) >= 11 is 5.85. The lowest BCUT2D eigenvalue weighted by Gasteiger charge is -2.32. The number of hydrogen-bond donors (Lipinski definition) is 1. The molecule has 1 saturated heterocycles. The third-order valence-electron chi connectivity index (χ3n) is 5.61. The van der Waals surface area contributed by atoms with E-state index in [0.29, 0.717) is 36.7 Å². The van der Waals surface area contributed by atoms with Gasteiger partial charge in [0.2, 0.25) is 0 Å². The first-order valence-electron chi connectivity index (χ1n) is 10.5. The van der Waals surface area contributed by atoms with Crippen molar-refractivity contribution in [3.8, 4) is 11.5 Å². The molecule has 1 fully saturated rings. The molecule has 7 heteroatoms. The monoisotopic (exact) mass is 444 g/mol. The van der Waals surface area contributed by atoms with Crippen molar-refractivity contribution < 1.29 is 19.1 Å². The molecule has 2 aromatic carbocycles. The molecule has 0 saturated carbocycles. The van der Waals surface area contributed by atoms with Gasteiger partial charge in [0.25, 0.3) is 11.8 Å². The van der Waals surface area contributed by atoms with Crippen LogP contribution in [-0.2, 0) is 9.59 Å². The van der Waals surface area contributed by atoms with Crippen molar-refractivity contribution in [2.45, 2.75) is 39.7 Å². The summed E-state index contributed by atoms with van der Waals surface area (Å²) in [5, 5.41) is 3.64. The summed E-state index contributed by atoms with van der Waals surface area (Å²) in [4.78, 5) is 26.5. The predicted molar refractivity (Wildman–Crippen MR) is 121 cm³/mol. The second-order valence-electron chi connectivity index (χ2n) is 7.91. The average Bonchev–Trinajstić information content (AvgIpc) is 2.76. The van der Waals surface area contributed by atoms with Crippen LogP contribution in [0.4, 0.5) is 0 Å². The maximum Gasteiger partial charge on any atom is 0.260 e. The first-order chi connectivity index (χ1) is 14.8. The van der Waals surface area contributed by atoms with Crippen LogP contribution in [0.25, 0.3) is 0 Å². The second kappa shape index (κ2) is 10.5. The molecule has 1 heterocycles. The minimum Gasteiger partial charge on any atom is -0.484 e. The van der Waals surface area contributed by atoms with E-state index in [2.05, 4.69) is 5.32 Å². The maximum atomic E-state index is 12.4. The molecular weight excluding hydrogens is 416 g/mol. The number of halogens is 1. The molecule has 166 valence electrons. The van der Waals surface area contributed by atoms with Crippen molar-refractivity contribution in [1.29, 1.82) is 0 Å². The highest BCUT2D eigenvalue weighted by Gasteiger charge is 2.24.